The summed E-state index contributed by atoms with van der Waals surface area (Å²) in [5.41, 5.74) is 5.59. The van der Waals surface area contributed by atoms with Crippen molar-refractivity contribution in [3.63, 3.8) is 0 Å². The molecule has 1 aliphatic carbocycles. The van der Waals surface area contributed by atoms with Gasteiger partial charge in [-0.15, -0.1) is 0 Å². The van der Waals surface area contributed by atoms with Crippen molar-refractivity contribution in [2.24, 2.45) is 12.8 Å². The third kappa shape index (κ3) is 3.14. The first-order chi connectivity index (χ1) is 9.96. The first kappa shape index (κ1) is 16.5. The first-order valence-electron chi connectivity index (χ1n) is 7.68. The van der Waals surface area contributed by atoms with Crippen LogP contribution in [0.4, 0.5) is 0 Å². The highest BCUT2D eigenvalue weighted by Crippen LogP contribution is 2.36. The van der Waals surface area contributed by atoms with Crippen molar-refractivity contribution in [1.29, 1.82) is 0 Å². The van der Waals surface area contributed by atoms with Crippen LogP contribution in [0, 0.1) is 0 Å². The molecule has 1 aromatic rings. The van der Waals surface area contributed by atoms with Gasteiger partial charge in [0.2, 0.25) is 10.0 Å². The number of sulfonamides is 1. The van der Waals surface area contributed by atoms with Crippen molar-refractivity contribution in [3.8, 4) is 0 Å². The molecule has 120 valence electrons. The number of aryl methyl sites for hydroxylation is 1. The average Bonchev–Trinajstić information content (AvgIpc) is 2.92. The van der Waals surface area contributed by atoms with Gasteiger partial charge in [-0.2, -0.15) is 9.40 Å². The minimum atomic E-state index is -3.54. The van der Waals surface area contributed by atoms with Gasteiger partial charge in [-0.3, -0.25) is 4.68 Å². The fourth-order valence-electron chi connectivity index (χ4n) is 3.24. The molecule has 1 aromatic heterocycles. The molecule has 6 nitrogen and oxygen atoms in total. The Hall–Kier alpha value is -0.920. The summed E-state index contributed by atoms with van der Waals surface area (Å²) in [6, 6.07) is 0. The second kappa shape index (κ2) is 6.46. The fraction of sp³-hybridized carbons (Fsp3) is 0.786. The third-order valence-corrected chi connectivity index (χ3v) is 6.35. The SMILES string of the molecule is CCCN(C1(CN)CCCCC1)S(=O)(=O)c1cnn(C)c1. The predicted molar refractivity (Wildman–Crippen MR) is 82.3 cm³/mol. The van der Waals surface area contributed by atoms with E-state index < -0.39 is 15.6 Å². The number of aromatic nitrogens is 2. The Kier molecular flexibility index (Phi) is 5.06. The third-order valence-electron chi connectivity index (χ3n) is 4.39. The van der Waals surface area contributed by atoms with Gasteiger partial charge in [0, 0.05) is 31.9 Å². The summed E-state index contributed by atoms with van der Waals surface area (Å²) in [5, 5.41) is 4.00. The summed E-state index contributed by atoms with van der Waals surface area (Å²) in [6.45, 7) is 2.89. The molecule has 2 rings (SSSR count). The Morgan fingerprint density at radius 3 is 2.52 bits per heavy atom. The van der Waals surface area contributed by atoms with Crippen LogP contribution in [-0.2, 0) is 17.1 Å². The monoisotopic (exact) mass is 314 g/mol. The minimum absolute atomic E-state index is 0.261. The van der Waals surface area contributed by atoms with Gasteiger partial charge in [0.1, 0.15) is 4.90 Å². The lowest BCUT2D eigenvalue weighted by atomic mass is 9.81. The molecular weight excluding hydrogens is 288 g/mol. The van der Waals surface area contributed by atoms with Crippen LogP contribution in [0.3, 0.4) is 0 Å². The van der Waals surface area contributed by atoms with Crippen molar-refractivity contribution in [1.82, 2.24) is 14.1 Å². The lowest BCUT2D eigenvalue weighted by Crippen LogP contribution is -2.57. The highest BCUT2D eigenvalue weighted by Gasteiger charge is 2.43. The van der Waals surface area contributed by atoms with E-state index in [0.29, 0.717) is 13.1 Å². The summed E-state index contributed by atoms with van der Waals surface area (Å²) >= 11 is 0. The summed E-state index contributed by atoms with van der Waals surface area (Å²) < 4.78 is 29.2. The van der Waals surface area contributed by atoms with Crippen LogP contribution >= 0.6 is 0 Å². The molecule has 7 heteroatoms. The van der Waals surface area contributed by atoms with Gasteiger partial charge in [0.15, 0.2) is 0 Å². The van der Waals surface area contributed by atoms with E-state index in [1.165, 1.54) is 10.9 Å². The van der Waals surface area contributed by atoms with Crippen molar-refractivity contribution in [3.05, 3.63) is 12.4 Å². The molecule has 0 unspecified atom stereocenters. The Morgan fingerprint density at radius 1 is 1.38 bits per heavy atom. The largest absolute Gasteiger partial charge is 0.329 e. The summed E-state index contributed by atoms with van der Waals surface area (Å²) in [6.07, 6.45) is 8.71. The molecule has 0 amide bonds. The standard InChI is InChI=1S/C14H26N4O2S/c1-3-9-18(14(12-15)7-5-4-6-8-14)21(19,20)13-10-16-17(2)11-13/h10-11H,3-9,12,15H2,1-2H3. The topological polar surface area (TPSA) is 81.2 Å². The highest BCUT2D eigenvalue weighted by molar-refractivity contribution is 7.89. The maximum Gasteiger partial charge on any atom is 0.246 e. The number of hydrogen-bond donors (Lipinski definition) is 1. The van der Waals surface area contributed by atoms with Gasteiger partial charge in [-0.25, -0.2) is 8.42 Å². The van der Waals surface area contributed by atoms with Gasteiger partial charge < -0.3 is 5.73 Å². The van der Waals surface area contributed by atoms with Gasteiger partial charge in [0.25, 0.3) is 0 Å². The molecule has 0 aromatic carbocycles. The fourth-order valence-corrected chi connectivity index (χ4v) is 5.15. The van der Waals surface area contributed by atoms with Crippen LogP contribution in [0.1, 0.15) is 45.4 Å². The molecular formula is C14H26N4O2S. The molecule has 21 heavy (non-hydrogen) atoms. The van der Waals surface area contributed by atoms with Gasteiger partial charge >= 0.3 is 0 Å². The van der Waals surface area contributed by atoms with E-state index in [2.05, 4.69) is 5.10 Å². The van der Waals surface area contributed by atoms with Crippen LogP contribution in [0.15, 0.2) is 17.3 Å². The number of nitrogens with zero attached hydrogens (tertiary/aromatic N) is 3. The lowest BCUT2D eigenvalue weighted by Gasteiger charge is -2.44. The van der Waals surface area contributed by atoms with Crippen molar-refractivity contribution in [2.45, 2.75) is 55.9 Å². The van der Waals surface area contributed by atoms with Gasteiger partial charge in [-0.05, 0) is 19.3 Å². The van der Waals surface area contributed by atoms with E-state index in [1.807, 2.05) is 6.92 Å². The van der Waals surface area contributed by atoms with Crippen LogP contribution in [0.5, 0.6) is 0 Å². The lowest BCUT2D eigenvalue weighted by molar-refractivity contribution is 0.136. The van der Waals surface area contributed by atoms with E-state index in [-0.39, 0.29) is 4.90 Å². The number of nitrogens with two attached hydrogens (primary N) is 1. The van der Waals surface area contributed by atoms with E-state index in [9.17, 15) is 8.42 Å². The molecule has 1 aliphatic rings. The van der Waals surface area contributed by atoms with Crippen LogP contribution in [0.25, 0.3) is 0 Å². The molecule has 0 saturated heterocycles. The maximum absolute atomic E-state index is 13.0. The average molecular weight is 314 g/mol. The van der Waals surface area contributed by atoms with Crippen LogP contribution < -0.4 is 5.73 Å². The van der Waals surface area contributed by atoms with Crippen molar-refractivity contribution < 1.29 is 8.42 Å². The molecule has 0 radical (unpaired) electrons. The van der Waals surface area contributed by atoms with Crippen molar-refractivity contribution in [2.75, 3.05) is 13.1 Å². The Morgan fingerprint density at radius 2 is 2.05 bits per heavy atom. The minimum Gasteiger partial charge on any atom is -0.329 e. The Balaban J connectivity index is 2.41. The summed E-state index contributed by atoms with van der Waals surface area (Å²) in [4.78, 5) is 0.261. The van der Waals surface area contributed by atoms with Crippen LogP contribution in [0.2, 0.25) is 0 Å². The van der Waals surface area contributed by atoms with E-state index in [0.717, 1.165) is 38.5 Å². The molecule has 2 N–H and O–H groups in total. The van der Waals surface area contributed by atoms with Gasteiger partial charge in [0.05, 0.1) is 6.20 Å². The summed E-state index contributed by atoms with van der Waals surface area (Å²) in [5.74, 6) is 0. The molecule has 1 heterocycles. The van der Waals surface area contributed by atoms with E-state index in [4.69, 9.17) is 5.73 Å². The van der Waals surface area contributed by atoms with E-state index >= 15 is 0 Å². The summed E-state index contributed by atoms with van der Waals surface area (Å²) in [7, 11) is -1.82. The zero-order valence-corrected chi connectivity index (χ0v) is 13.8. The maximum atomic E-state index is 13.0. The number of rotatable bonds is 6. The van der Waals surface area contributed by atoms with Crippen molar-refractivity contribution >= 4 is 10.0 Å². The first-order valence-corrected chi connectivity index (χ1v) is 9.12. The van der Waals surface area contributed by atoms with E-state index in [1.54, 1.807) is 17.5 Å². The second-order valence-corrected chi connectivity index (χ2v) is 7.78. The molecule has 0 aliphatic heterocycles. The molecule has 0 bridgehead atoms. The zero-order chi connectivity index (χ0) is 15.5. The molecule has 1 saturated carbocycles. The highest BCUT2D eigenvalue weighted by atomic mass is 32.2. The smallest absolute Gasteiger partial charge is 0.246 e. The number of hydrogen-bond acceptors (Lipinski definition) is 4. The quantitative estimate of drug-likeness (QED) is 0.862. The van der Waals surface area contributed by atoms with Crippen LogP contribution in [-0.4, -0.2) is 41.1 Å². The molecule has 1 fully saturated rings. The normalized spacial score (nSPS) is 19.0. The van der Waals surface area contributed by atoms with Gasteiger partial charge in [-0.1, -0.05) is 26.2 Å². The zero-order valence-electron chi connectivity index (χ0n) is 13.0. The molecule has 0 spiro atoms. The second-order valence-electron chi connectivity index (χ2n) is 5.92. The predicted octanol–water partition coefficient (Wildman–Crippen LogP) is 1.48. The Bertz CT molecular complexity index is 561. The molecule has 0 atom stereocenters. The Labute approximate surface area is 127 Å².